The molecule has 0 radical (unpaired) electrons. The molecule has 0 atom stereocenters. The number of amides is 1. The lowest BCUT2D eigenvalue weighted by Gasteiger charge is -2.05. The molecule has 31 heavy (non-hydrogen) atoms. The number of carbonyl (C=O) groups is 1. The van der Waals surface area contributed by atoms with Gasteiger partial charge in [-0.1, -0.05) is 44.7 Å². The predicted octanol–water partition coefficient (Wildman–Crippen LogP) is 1.80. The van der Waals surface area contributed by atoms with Gasteiger partial charge in [0.2, 0.25) is 11.6 Å². The minimum Gasteiger partial charge on any atom is -0.507 e. The summed E-state index contributed by atoms with van der Waals surface area (Å²) in [6.07, 6.45) is 1.32. The second-order valence-electron chi connectivity index (χ2n) is 5.96. The highest BCUT2D eigenvalue weighted by Crippen LogP contribution is 2.27. The van der Waals surface area contributed by atoms with Crippen LogP contribution in [0, 0.1) is 0 Å². The molecule has 4 N–H and O–H groups in total. The lowest BCUT2D eigenvalue weighted by molar-refractivity contribution is 0.0949. The molecule has 0 saturated heterocycles. The second-order valence-corrected chi connectivity index (χ2v) is 9.18. The van der Waals surface area contributed by atoms with Gasteiger partial charge in [0.1, 0.15) is 10.1 Å². The average Bonchev–Trinajstić information content (AvgIpc) is 3.49. The van der Waals surface area contributed by atoms with E-state index in [2.05, 4.69) is 56.7 Å². The standard InChI is InChI=1S/C16H14BrN9O3S2/c17-9-1-2-11(27)8(5-9)6-20-22-15(28)12-10(7-31-16-19-3-4-30-16)26(25-21-12)14-13(18)23-29-24-14/h1-2,5-6,27H,3-4,7H2,(H2,18,23)(H,22,28)/b20-6-. The molecule has 1 aliphatic heterocycles. The Morgan fingerprint density at radius 2 is 2.35 bits per heavy atom. The summed E-state index contributed by atoms with van der Waals surface area (Å²) in [6.45, 7) is 0.759. The van der Waals surface area contributed by atoms with Crippen molar-refractivity contribution in [2.24, 2.45) is 10.1 Å². The van der Waals surface area contributed by atoms with Crippen LogP contribution < -0.4 is 11.2 Å². The Morgan fingerprint density at radius 1 is 1.48 bits per heavy atom. The molecule has 4 rings (SSSR count). The zero-order valence-corrected chi connectivity index (χ0v) is 18.8. The molecule has 0 unspecified atom stereocenters. The van der Waals surface area contributed by atoms with Crippen molar-refractivity contribution >= 4 is 61.8 Å². The summed E-state index contributed by atoms with van der Waals surface area (Å²) in [4.78, 5) is 17.1. The third-order valence-corrected chi connectivity index (χ3v) is 6.68. The monoisotopic (exact) mass is 523 g/mol. The number of nitrogens with zero attached hydrogens (tertiary/aromatic N) is 7. The van der Waals surface area contributed by atoms with Crippen molar-refractivity contribution < 1.29 is 14.5 Å². The normalized spacial score (nSPS) is 13.6. The number of carbonyl (C=O) groups excluding carboxylic acids is 1. The van der Waals surface area contributed by atoms with Crippen LogP contribution in [-0.4, -0.2) is 59.2 Å². The number of phenols is 1. The number of nitrogens with two attached hydrogens (primary N) is 1. The molecule has 3 aromatic rings. The van der Waals surface area contributed by atoms with Gasteiger partial charge in [-0.2, -0.15) is 9.78 Å². The van der Waals surface area contributed by atoms with Gasteiger partial charge in [-0.05, 0) is 28.5 Å². The number of benzene rings is 1. The van der Waals surface area contributed by atoms with Gasteiger partial charge in [0.25, 0.3) is 5.91 Å². The summed E-state index contributed by atoms with van der Waals surface area (Å²) in [7, 11) is 0. The molecule has 15 heteroatoms. The third-order valence-electron chi connectivity index (χ3n) is 3.92. The van der Waals surface area contributed by atoms with Gasteiger partial charge < -0.3 is 10.8 Å². The number of nitrogen functional groups attached to an aromatic ring is 1. The van der Waals surface area contributed by atoms with Crippen molar-refractivity contribution in [3.05, 3.63) is 39.6 Å². The van der Waals surface area contributed by atoms with Crippen molar-refractivity contribution in [3.8, 4) is 11.6 Å². The van der Waals surface area contributed by atoms with E-state index in [0.717, 1.165) is 21.1 Å². The molecular formula is C16H14BrN9O3S2. The van der Waals surface area contributed by atoms with E-state index in [4.69, 9.17) is 5.73 Å². The summed E-state index contributed by atoms with van der Waals surface area (Å²) < 4.78 is 7.61. The Bertz CT molecular complexity index is 1180. The number of halogens is 1. The van der Waals surface area contributed by atoms with E-state index in [1.165, 1.54) is 28.7 Å². The average molecular weight is 524 g/mol. The molecule has 1 amide bonds. The van der Waals surface area contributed by atoms with Crippen LogP contribution in [0.25, 0.3) is 5.82 Å². The van der Waals surface area contributed by atoms with Gasteiger partial charge in [0.05, 0.1) is 18.5 Å². The molecule has 0 spiro atoms. The van der Waals surface area contributed by atoms with Crippen LogP contribution in [0.4, 0.5) is 5.82 Å². The molecular weight excluding hydrogens is 510 g/mol. The number of thioether (sulfide) groups is 2. The van der Waals surface area contributed by atoms with Gasteiger partial charge in [-0.25, -0.2) is 10.1 Å². The first kappa shape index (κ1) is 21.3. The van der Waals surface area contributed by atoms with Gasteiger partial charge in [-0.15, -0.1) is 5.10 Å². The Kier molecular flexibility index (Phi) is 6.53. The van der Waals surface area contributed by atoms with Crippen molar-refractivity contribution in [1.82, 2.24) is 30.7 Å². The van der Waals surface area contributed by atoms with Gasteiger partial charge in [-0.3, -0.25) is 9.79 Å². The van der Waals surface area contributed by atoms with Crippen LogP contribution in [0.2, 0.25) is 0 Å². The molecule has 1 aliphatic rings. The van der Waals surface area contributed by atoms with Crippen molar-refractivity contribution in [2.75, 3.05) is 18.0 Å². The fourth-order valence-corrected chi connectivity index (χ4v) is 4.87. The number of anilines is 1. The van der Waals surface area contributed by atoms with Crippen LogP contribution in [0.1, 0.15) is 21.7 Å². The number of hydrazone groups is 1. The van der Waals surface area contributed by atoms with Crippen LogP contribution in [0.15, 0.2) is 37.4 Å². The third kappa shape index (κ3) is 4.88. The highest BCUT2D eigenvalue weighted by molar-refractivity contribution is 9.10. The number of hydrogen-bond acceptors (Lipinski definition) is 12. The van der Waals surface area contributed by atoms with Crippen molar-refractivity contribution in [1.29, 1.82) is 0 Å². The quantitative estimate of drug-likeness (QED) is 0.319. The molecule has 0 aliphatic carbocycles. The Labute approximate surface area is 191 Å². The zero-order valence-electron chi connectivity index (χ0n) is 15.6. The fourth-order valence-electron chi connectivity index (χ4n) is 2.49. The minimum atomic E-state index is -0.594. The maximum Gasteiger partial charge on any atom is 0.293 e. The first-order chi connectivity index (χ1) is 15.0. The van der Waals surface area contributed by atoms with E-state index in [9.17, 15) is 9.90 Å². The number of hydrogen-bond donors (Lipinski definition) is 3. The minimum absolute atomic E-state index is 0.0128. The maximum absolute atomic E-state index is 12.7. The van der Waals surface area contributed by atoms with Crippen LogP contribution in [0.5, 0.6) is 5.75 Å². The lowest BCUT2D eigenvalue weighted by Crippen LogP contribution is -2.20. The predicted molar refractivity (Wildman–Crippen MR) is 121 cm³/mol. The summed E-state index contributed by atoms with van der Waals surface area (Å²) in [5.74, 6) is 0.829. The maximum atomic E-state index is 12.7. The number of aromatic nitrogens is 5. The fraction of sp³-hybridized carbons (Fsp3) is 0.188. The van der Waals surface area contributed by atoms with Gasteiger partial charge in [0, 0.05) is 21.5 Å². The van der Waals surface area contributed by atoms with Gasteiger partial charge in [0.15, 0.2) is 5.69 Å². The summed E-state index contributed by atoms with van der Waals surface area (Å²) in [6, 6.07) is 4.85. The Balaban J connectivity index is 1.56. The van der Waals surface area contributed by atoms with Crippen LogP contribution in [-0.2, 0) is 5.75 Å². The van der Waals surface area contributed by atoms with Crippen molar-refractivity contribution in [2.45, 2.75) is 5.75 Å². The second kappa shape index (κ2) is 9.49. The molecule has 0 saturated carbocycles. The Hall–Kier alpha value is -2.91. The molecule has 12 nitrogen and oxygen atoms in total. The molecule has 1 aromatic carbocycles. The first-order valence-electron chi connectivity index (χ1n) is 8.68. The molecule has 0 fully saturated rings. The number of aliphatic imine (C=N–C) groups is 1. The number of rotatable bonds is 6. The zero-order chi connectivity index (χ0) is 21.8. The Morgan fingerprint density at radius 3 is 3.10 bits per heavy atom. The molecule has 2 aromatic heterocycles. The van der Waals surface area contributed by atoms with Crippen LogP contribution in [0.3, 0.4) is 0 Å². The number of nitrogens with one attached hydrogen (secondary N) is 1. The summed E-state index contributed by atoms with van der Waals surface area (Å²) in [5.41, 5.74) is 9.05. The van der Waals surface area contributed by atoms with E-state index in [1.807, 2.05) is 0 Å². The van der Waals surface area contributed by atoms with Gasteiger partial charge >= 0.3 is 0 Å². The van der Waals surface area contributed by atoms with E-state index in [1.54, 1.807) is 23.9 Å². The SMILES string of the molecule is Nc1nonc1-n1nnc(C(=O)N/N=C\c2cc(Br)ccc2O)c1CSC1=NCCS1. The summed E-state index contributed by atoms with van der Waals surface area (Å²) in [5, 5.41) is 29.0. The molecule has 0 bridgehead atoms. The smallest absolute Gasteiger partial charge is 0.293 e. The van der Waals surface area contributed by atoms with E-state index in [-0.39, 0.29) is 23.1 Å². The highest BCUT2D eigenvalue weighted by Gasteiger charge is 2.24. The number of phenolic OH excluding ortho intramolecular Hbond substituents is 1. The topological polar surface area (TPSA) is 170 Å². The lowest BCUT2D eigenvalue weighted by atomic mass is 10.2. The van der Waals surface area contributed by atoms with E-state index < -0.39 is 5.91 Å². The largest absolute Gasteiger partial charge is 0.507 e. The highest BCUT2D eigenvalue weighted by atomic mass is 79.9. The van der Waals surface area contributed by atoms with Crippen LogP contribution >= 0.6 is 39.5 Å². The van der Waals surface area contributed by atoms with Crippen molar-refractivity contribution in [3.63, 3.8) is 0 Å². The van der Waals surface area contributed by atoms with E-state index >= 15 is 0 Å². The summed E-state index contributed by atoms with van der Waals surface area (Å²) >= 11 is 6.40. The molecule has 160 valence electrons. The molecule has 3 heterocycles. The van der Waals surface area contributed by atoms with E-state index in [0.29, 0.717) is 17.0 Å². The first-order valence-corrected chi connectivity index (χ1v) is 11.4. The number of aromatic hydroxyl groups is 1.